The number of benzene rings is 1. The lowest BCUT2D eigenvalue weighted by Crippen LogP contribution is -2.53. The molecule has 0 aromatic heterocycles. The summed E-state index contributed by atoms with van der Waals surface area (Å²) < 4.78 is 5.02. The highest BCUT2D eigenvalue weighted by Crippen LogP contribution is 2.53. The Balaban J connectivity index is 1.84. The average molecular weight is 343 g/mol. The zero-order valence-corrected chi connectivity index (χ0v) is 14.5. The van der Waals surface area contributed by atoms with Crippen molar-refractivity contribution in [3.8, 4) is 0 Å². The Morgan fingerprint density at radius 1 is 1.24 bits per heavy atom. The van der Waals surface area contributed by atoms with E-state index in [1.165, 1.54) is 12.0 Å². The van der Waals surface area contributed by atoms with Crippen LogP contribution >= 0.6 is 0 Å². The van der Waals surface area contributed by atoms with E-state index in [0.29, 0.717) is 0 Å². The molecule has 3 heterocycles. The molecule has 7 heteroatoms. The van der Waals surface area contributed by atoms with Gasteiger partial charge in [-0.05, 0) is 19.4 Å². The molecule has 0 radical (unpaired) electrons. The minimum atomic E-state index is -1.18. The molecule has 2 saturated heterocycles. The number of fused-ring (bicyclic) bond motifs is 4. The van der Waals surface area contributed by atoms with Gasteiger partial charge in [-0.1, -0.05) is 18.2 Å². The van der Waals surface area contributed by atoms with E-state index < -0.39 is 17.4 Å². The van der Waals surface area contributed by atoms with E-state index in [1.807, 2.05) is 32.0 Å². The lowest BCUT2D eigenvalue weighted by atomic mass is 9.76. The van der Waals surface area contributed by atoms with Gasteiger partial charge >= 0.3 is 0 Å². The van der Waals surface area contributed by atoms with Gasteiger partial charge in [-0.15, -0.1) is 0 Å². The number of hydrogen-bond acceptors (Lipinski definition) is 5. The number of hydrogen-bond donors (Lipinski definition) is 2. The van der Waals surface area contributed by atoms with Crippen molar-refractivity contribution in [2.24, 2.45) is 11.8 Å². The summed E-state index contributed by atoms with van der Waals surface area (Å²) in [5.41, 5.74) is 1.25. The van der Waals surface area contributed by atoms with Gasteiger partial charge in [-0.3, -0.25) is 24.6 Å². The maximum absolute atomic E-state index is 13.1. The molecule has 3 aliphatic heterocycles. The quantitative estimate of drug-likeness (QED) is 0.775. The highest BCUT2D eigenvalue weighted by Gasteiger charge is 2.69. The van der Waals surface area contributed by atoms with Crippen molar-refractivity contribution < 1.29 is 19.1 Å². The fourth-order valence-corrected chi connectivity index (χ4v) is 4.60. The van der Waals surface area contributed by atoms with Crippen molar-refractivity contribution in [2.75, 3.05) is 25.6 Å². The van der Waals surface area contributed by atoms with Gasteiger partial charge < -0.3 is 10.1 Å². The number of amides is 3. The number of nitrogens with zero attached hydrogens (tertiary/aromatic N) is 1. The SMILES string of the molecule is COCCN1C(=O)[C@H]2[C@@H](C1=O)[C@@]1(N[C@@H]2C)C(=O)Nc2c(C)cccc21. The summed E-state index contributed by atoms with van der Waals surface area (Å²) in [6.07, 6.45) is 0. The number of imide groups is 1. The van der Waals surface area contributed by atoms with Crippen LogP contribution in [0.3, 0.4) is 0 Å². The standard InChI is InChI=1S/C18H21N3O4/c1-9-5-4-6-11-14(9)19-17(24)18(11)13-12(10(2)20-18)15(22)21(16(13)23)7-8-25-3/h4-6,10,12-13,20H,7-8H2,1-3H3,(H,19,24)/t10-,12-,13+,18-/m1/s1. The van der Waals surface area contributed by atoms with Gasteiger partial charge in [0.05, 0.1) is 25.0 Å². The Morgan fingerprint density at radius 2 is 2.00 bits per heavy atom. The number of carbonyl (C=O) groups excluding carboxylic acids is 3. The zero-order valence-electron chi connectivity index (χ0n) is 14.5. The number of ether oxygens (including phenoxy) is 1. The fraction of sp³-hybridized carbons (Fsp3) is 0.500. The molecule has 2 N–H and O–H groups in total. The largest absolute Gasteiger partial charge is 0.383 e. The zero-order chi connectivity index (χ0) is 17.9. The number of methoxy groups -OCH3 is 1. The predicted molar refractivity (Wildman–Crippen MR) is 89.7 cm³/mol. The first-order valence-corrected chi connectivity index (χ1v) is 8.47. The second kappa shape index (κ2) is 5.37. The van der Waals surface area contributed by atoms with Crippen LogP contribution in [0, 0.1) is 18.8 Å². The van der Waals surface area contributed by atoms with Gasteiger partial charge in [0.2, 0.25) is 17.7 Å². The molecule has 0 aliphatic carbocycles. The molecule has 2 fully saturated rings. The van der Waals surface area contributed by atoms with Crippen LogP contribution in [0.25, 0.3) is 0 Å². The van der Waals surface area contributed by atoms with Gasteiger partial charge in [-0.2, -0.15) is 0 Å². The number of carbonyl (C=O) groups is 3. The Kier molecular flexibility index (Phi) is 3.49. The molecule has 25 heavy (non-hydrogen) atoms. The first kappa shape index (κ1) is 16.2. The molecular weight excluding hydrogens is 322 g/mol. The number of rotatable bonds is 3. The molecule has 0 bridgehead atoms. The highest BCUT2D eigenvalue weighted by atomic mass is 16.5. The Morgan fingerprint density at radius 3 is 2.72 bits per heavy atom. The van der Waals surface area contributed by atoms with Gasteiger partial charge in [0.25, 0.3) is 0 Å². The normalized spacial score (nSPS) is 33.2. The molecule has 0 unspecified atom stereocenters. The molecule has 7 nitrogen and oxygen atoms in total. The van der Waals surface area contributed by atoms with Crippen LogP contribution in [-0.2, 0) is 24.7 Å². The highest BCUT2D eigenvalue weighted by molar-refractivity contribution is 6.15. The van der Waals surface area contributed by atoms with E-state index in [4.69, 9.17) is 4.74 Å². The van der Waals surface area contributed by atoms with Crippen LogP contribution in [0.2, 0.25) is 0 Å². The third kappa shape index (κ3) is 1.90. The summed E-state index contributed by atoms with van der Waals surface area (Å²) in [5, 5.41) is 6.21. The second-order valence-electron chi connectivity index (χ2n) is 7.02. The van der Waals surface area contributed by atoms with Crippen LogP contribution < -0.4 is 10.6 Å². The number of anilines is 1. The van der Waals surface area contributed by atoms with Gasteiger partial charge in [0.15, 0.2) is 0 Å². The third-order valence-corrected chi connectivity index (χ3v) is 5.72. The van der Waals surface area contributed by atoms with Gasteiger partial charge in [0.1, 0.15) is 5.54 Å². The number of likely N-dealkylation sites (tertiary alicyclic amines) is 1. The minimum absolute atomic E-state index is 0.215. The maximum atomic E-state index is 13.1. The third-order valence-electron chi connectivity index (χ3n) is 5.72. The Hall–Kier alpha value is -2.25. The van der Waals surface area contributed by atoms with Crippen molar-refractivity contribution in [3.05, 3.63) is 29.3 Å². The molecule has 4 atom stereocenters. The van der Waals surface area contributed by atoms with E-state index >= 15 is 0 Å². The van der Waals surface area contributed by atoms with Crippen molar-refractivity contribution in [1.29, 1.82) is 0 Å². The Bertz CT molecular complexity index is 793. The van der Waals surface area contributed by atoms with Gasteiger partial charge in [0, 0.05) is 24.4 Å². The smallest absolute Gasteiger partial charge is 0.250 e. The summed E-state index contributed by atoms with van der Waals surface area (Å²) in [6, 6.07) is 5.38. The number of para-hydroxylation sites is 1. The monoisotopic (exact) mass is 343 g/mol. The average Bonchev–Trinajstić information content (AvgIpc) is 3.13. The van der Waals surface area contributed by atoms with Crippen molar-refractivity contribution in [1.82, 2.24) is 10.2 Å². The van der Waals surface area contributed by atoms with E-state index in [0.717, 1.165) is 16.8 Å². The van der Waals surface area contributed by atoms with Crippen molar-refractivity contribution >= 4 is 23.4 Å². The molecule has 1 aromatic carbocycles. The number of nitrogens with one attached hydrogen (secondary N) is 2. The van der Waals surface area contributed by atoms with Crippen LogP contribution in [-0.4, -0.2) is 48.9 Å². The molecule has 3 amide bonds. The summed E-state index contributed by atoms with van der Waals surface area (Å²) in [5.74, 6) is -2.05. The van der Waals surface area contributed by atoms with E-state index in [9.17, 15) is 14.4 Å². The molecule has 1 aromatic rings. The Labute approximate surface area is 145 Å². The lowest BCUT2D eigenvalue weighted by Gasteiger charge is -2.29. The van der Waals surface area contributed by atoms with Crippen LogP contribution in [0.5, 0.6) is 0 Å². The number of aryl methyl sites for hydroxylation is 1. The first-order chi connectivity index (χ1) is 11.9. The van der Waals surface area contributed by atoms with E-state index in [-0.39, 0.29) is 36.9 Å². The predicted octanol–water partition coefficient (Wildman–Crippen LogP) is 0.382. The van der Waals surface area contributed by atoms with Crippen LogP contribution in [0.1, 0.15) is 18.1 Å². The van der Waals surface area contributed by atoms with Crippen LogP contribution in [0.4, 0.5) is 5.69 Å². The summed E-state index contributed by atoms with van der Waals surface area (Å²) in [7, 11) is 1.53. The fourth-order valence-electron chi connectivity index (χ4n) is 4.60. The lowest BCUT2D eigenvalue weighted by molar-refractivity contribution is -0.143. The summed E-state index contributed by atoms with van der Waals surface area (Å²) >= 11 is 0. The first-order valence-electron chi connectivity index (χ1n) is 8.47. The topological polar surface area (TPSA) is 87.7 Å². The molecule has 1 spiro atoms. The van der Waals surface area contributed by atoms with Crippen molar-refractivity contribution in [3.63, 3.8) is 0 Å². The summed E-state index contributed by atoms with van der Waals surface area (Å²) in [6.45, 7) is 4.28. The molecular formula is C18H21N3O4. The second-order valence-corrected chi connectivity index (χ2v) is 7.02. The van der Waals surface area contributed by atoms with Gasteiger partial charge in [-0.25, -0.2) is 0 Å². The molecule has 0 saturated carbocycles. The van der Waals surface area contributed by atoms with E-state index in [1.54, 1.807) is 0 Å². The molecule has 3 aliphatic rings. The molecule has 132 valence electrons. The molecule has 4 rings (SSSR count). The van der Waals surface area contributed by atoms with Crippen molar-refractivity contribution in [2.45, 2.75) is 25.4 Å². The summed E-state index contributed by atoms with van der Waals surface area (Å²) in [4.78, 5) is 40.1. The minimum Gasteiger partial charge on any atom is -0.383 e. The maximum Gasteiger partial charge on any atom is 0.250 e. The van der Waals surface area contributed by atoms with Crippen LogP contribution in [0.15, 0.2) is 18.2 Å². The van der Waals surface area contributed by atoms with E-state index in [2.05, 4.69) is 10.6 Å².